The van der Waals surface area contributed by atoms with Crippen molar-refractivity contribution < 1.29 is 9.90 Å². The Morgan fingerprint density at radius 3 is 1.43 bits per heavy atom. The van der Waals surface area contributed by atoms with Gasteiger partial charge in [0.1, 0.15) is 17.5 Å². The van der Waals surface area contributed by atoms with Crippen LogP contribution in [-0.2, 0) is 4.79 Å². The van der Waals surface area contributed by atoms with E-state index in [-0.39, 0.29) is 11.8 Å². The summed E-state index contributed by atoms with van der Waals surface area (Å²) in [6, 6.07) is -0.386. The Balaban J connectivity index is 2.83. The Morgan fingerprint density at radius 1 is 0.679 bits per heavy atom. The first-order valence-corrected chi connectivity index (χ1v) is 12.1. The van der Waals surface area contributed by atoms with Crippen molar-refractivity contribution in [2.75, 3.05) is 26.2 Å². The Bertz CT molecular complexity index is 442. The van der Waals surface area contributed by atoms with Crippen molar-refractivity contribution in [3.63, 3.8) is 0 Å². The second-order valence-electron chi connectivity index (χ2n) is 8.35. The van der Waals surface area contributed by atoms with E-state index in [0.717, 1.165) is 51.9 Å². The molecule has 1 aliphatic carbocycles. The zero-order valence-corrected chi connectivity index (χ0v) is 19.1. The summed E-state index contributed by atoms with van der Waals surface area (Å²) in [5, 5.41) is 10.9. The summed E-state index contributed by atoms with van der Waals surface area (Å²) in [6.45, 7) is 12.4. The fraction of sp³-hybridized carbons (Fsp3) is 0.875. The van der Waals surface area contributed by atoms with Gasteiger partial charge in [0.25, 0.3) is 0 Å². The monoisotopic (exact) mass is 394 g/mol. The number of nitrogens with zero attached hydrogens (tertiary/aromatic N) is 2. The van der Waals surface area contributed by atoms with E-state index in [2.05, 4.69) is 37.5 Å². The van der Waals surface area contributed by atoms with Gasteiger partial charge in [-0.05, 0) is 38.8 Å². The van der Waals surface area contributed by atoms with Gasteiger partial charge in [-0.1, -0.05) is 79.1 Å². The molecule has 1 unspecified atom stereocenters. The smallest absolute Gasteiger partial charge is 0.207 e. The van der Waals surface area contributed by atoms with E-state index in [4.69, 9.17) is 0 Å². The van der Waals surface area contributed by atoms with Crippen LogP contribution in [0, 0.1) is 0 Å². The molecule has 1 N–H and O–H groups in total. The van der Waals surface area contributed by atoms with E-state index in [0.29, 0.717) is 11.5 Å². The summed E-state index contributed by atoms with van der Waals surface area (Å²) in [4.78, 5) is 17.5. The van der Waals surface area contributed by atoms with Crippen molar-refractivity contribution in [2.45, 2.75) is 111 Å². The Hall–Kier alpha value is -1.03. The van der Waals surface area contributed by atoms with Gasteiger partial charge in [-0.3, -0.25) is 9.69 Å². The number of hydrogen-bond donors (Lipinski definition) is 1. The largest absolute Gasteiger partial charge is 0.508 e. The van der Waals surface area contributed by atoms with E-state index in [9.17, 15) is 9.90 Å². The molecule has 0 aromatic rings. The van der Waals surface area contributed by atoms with Gasteiger partial charge in [0, 0.05) is 13.1 Å². The molecule has 0 fully saturated rings. The minimum absolute atomic E-state index is 0.151. The molecular weight excluding hydrogens is 348 g/mol. The zero-order valence-electron chi connectivity index (χ0n) is 19.1. The number of aliphatic hydroxyl groups is 1. The molecule has 0 amide bonds. The first kappa shape index (κ1) is 25.0. The summed E-state index contributed by atoms with van der Waals surface area (Å²) in [5.41, 5.74) is 0.619. The van der Waals surface area contributed by atoms with Crippen LogP contribution in [-0.4, -0.2) is 52.9 Å². The lowest BCUT2D eigenvalue weighted by atomic mass is 9.90. The summed E-state index contributed by atoms with van der Waals surface area (Å²) in [6.07, 6.45) is 13.8. The van der Waals surface area contributed by atoms with Crippen LogP contribution >= 0.6 is 0 Å². The standard InChI is InChI=1S/C24H46N2O2/c1-5-9-13-17-25(18-14-10-6-2)21-23(27)22(24(21)28)26(19-15-11-7-3)20-16-12-8-4/h21,27H,5-20H2,1-4H3. The molecule has 0 saturated heterocycles. The predicted molar refractivity (Wildman–Crippen MR) is 120 cm³/mol. The SMILES string of the molecule is CCCCCN(CCCCC)C1=C(O)C(N(CCCCC)CCCCC)C1=O. The first-order chi connectivity index (χ1) is 13.6. The average Bonchev–Trinajstić information content (AvgIpc) is 2.68. The van der Waals surface area contributed by atoms with Crippen molar-refractivity contribution in [2.24, 2.45) is 0 Å². The van der Waals surface area contributed by atoms with Gasteiger partial charge in [-0.15, -0.1) is 0 Å². The minimum atomic E-state index is -0.386. The predicted octanol–water partition coefficient (Wildman–Crippen LogP) is 6.07. The highest BCUT2D eigenvalue weighted by atomic mass is 16.3. The summed E-state index contributed by atoms with van der Waals surface area (Å²) in [5.74, 6) is 0.490. The Labute approximate surface area is 174 Å². The molecule has 0 aromatic heterocycles. The van der Waals surface area contributed by atoms with Crippen LogP contribution in [0.1, 0.15) is 105 Å². The highest BCUT2D eigenvalue weighted by molar-refractivity contribution is 6.08. The molecule has 164 valence electrons. The fourth-order valence-electron chi connectivity index (χ4n) is 4.03. The third-order valence-electron chi connectivity index (χ3n) is 5.83. The number of hydrogen-bond acceptors (Lipinski definition) is 4. The molecule has 0 spiro atoms. The van der Waals surface area contributed by atoms with Crippen molar-refractivity contribution in [3.05, 3.63) is 11.5 Å². The second kappa shape index (κ2) is 14.9. The molecule has 0 radical (unpaired) electrons. The molecular formula is C24H46N2O2. The average molecular weight is 395 g/mol. The van der Waals surface area contributed by atoms with Crippen LogP contribution in [0.5, 0.6) is 0 Å². The second-order valence-corrected chi connectivity index (χ2v) is 8.35. The molecule has 0 saturated carbocycles. The zero-order chi connectivity index (χ0) is 20.8. The van der Waals surface area contributed by atoms with Crippen LogP contribution in [0.2, 0.25) is 0 Å². The van der Waals surface area contributed by atoms with E-state index in [1.54, 1.807) is 0 Å². The Morgan fingerprint density at radius 2 is 1.07 bits per heavy atom. The lowest BCUT2D eigenvalue weighted by molar-refractivity contribution is -0.126. The van der Waals surface area contributed by atoms with E-state index < -0.39 is 0 Å². The van der Waals surface area contributed by atoms with Gasteiger partial charge < -0.3 is 10.0 Å². The van der Waals surface area contributed by atoms with E-state index >= 15 is 0 Å². The number of Topliss-reactive ketones (excluding diaryl/α,β-unsaturated/α-hetero) is 1. The maximum absolute atomic E-state index is 13.1. The van der Waals surface area contributed by atoms with Gasteiger partial charge in [0.2, 0.25) is 5.78 Å². The van der Waals surface area contributed by atoms with Gasteiger partial charge in [0.15, 0.2) is 0 Å². The first-order valence-electron chi connectivity index (χ1n) is 12.1. The third kappa shape index (κ3) is 7.77. The topological polar surface area (TPSA) is 43.8 Å². The number of aliphatic hydroxyl groups excluding tert-OH is 1. The lowest BCUT2D eigenvalue weighted by Gasteiger charge is -2.41. The molecule has 1 rings (SSSR count). The maximum atomic E-state index is 13.1. The number of rotatable bonds is 18. The summed E-state index contributed by atoms with van der Waals surface area (Å²) < 4.78 is 0. The molecule has 28 heavy (non-hydrogen) atoms. The van der Waals surface area contributed by atoms with E-state index in [1.807, 2.05) is 0 Å². The Kier molecular flexibility index (Phi) is 13.3. The lowest BCUT2D eigenvalue weighted by Crippen LogP contribution is -2.54. The van der Waals surface area contributed by atoms with Gasteiger partial charge >= 0.3 is 0 Å². The van der Waals surface area contributed by atoms with Gasteiger partial charge in [-0.2, -0.15) is 0 Å². The highest BCUT2D eigenvalue weighted by Gasteiger charge is 2.45. The summed E-state index contributed by atoms with van der Waals surface area (Å²) in [7, 11) is 0. The molecule has 0 aromatic carbocycles. The van der Waals surface area contributed by atoms with Crippen LogP contribution in [0.4, 0.5) is 0 Å². The fourth-order valence-corrected chi connectivity index (χ4v) is 4.03. The number of carbonyl (C=O) groups is 1. The van der Waals surface area contributed by atoms with Crippen molar-refractivity contribution in [1.82, 2.24) is 9.80 Å². The molecule has 1 atom stereocenters. The third-order valence-corrected chi connectivity index (χ3v) is 5.83. The molecule has 0 bridgehead atoms. The quantitative estimate of drug-likeness (QED) is 0.286. The van der Waals surface area contributed by atoms with Crippen molar-refractivity contribution in [3.8, 4) is 0 Å². The minimum Gasteiger partial charge on any atom is -0.508 e. The molecule has 0 aliphatic heterocycles. The van der Waals surface area contributed by atoms with Crippen molar-refractivity contribution >= 4 is 5.78 Å². The van der Waals surface area contributed by atoms with Crippen LogP contribution < -0.4 is 0 Å². The summed E-state index contributed by atoms with van der Waals surface area (Å²) >= 11 is 0. The van der Waals surface area contributed by atoms with Crippen LogP contribution in [0.25, 0.3) is 0 Å². The molecule has 1 aliphatic rings. The molecule has 4 nitrogen and oxygen atoms in total. The molecule has 4 heteroatoms. The number of unbranched alkanes of at least 4 members (excludes halogenated alkanes) is 8. The van der Waals surface area contributed by atoms with E-state index in [1.165, 1.54) is 51.4 Å². The van der Waals surface area contributed by atoms with Crippen LogP contribution in [0.15, 0.2) is 11.5 Å². The highest BCUT2D eigenvalue weighted by Crippen LogP contribution is 2.31. The van der Waals surface area contributed by atoms with Crippen molar-refractivity contribution in [1.29, 1.82) is 0 Å². The normalized spacial score (nSPS) is 16.8. The number of carbonyl (C=O) groups excluding carboxylic acids is 1. The maximum Gasteiger partial charge on any atom is 0.207 e. The van der Waals surface area contributed by atoms with Gasteiger partial charge in [0.05, 0.1) is 0 Å². The van der Waals surface area contributed by atoms with Gasteiger partial charge in [-0.25, -0.2) is 0 Å². The molecule has 0 heterocycles. The van der Waals surface area contributed by atoms with Crippen LogP contribution in [0.3, 0.4) is 0 Å². The number of ketones is 1.